The van der Waals surface area contributed by atoms with Crippen molar-refractivity contribution in [2.75, 3.05) is 0 Å². The monoisotopic (exact) mass is 828 g/mol. The van der Waals surface area contributed by atoms with Crippen LogP contribution in [0.15, 0.2) is 215 Å². The van der Waals surface area contributed by atoms with Gasteiger partial charge in [0.2, 0.25) is 0 Å². The highest BCUT2D eigenvalue weighted by atomic mass is 16.3. The van der Waals surface area contributed by atoms with E-state index in [2.05, 4.69) is 208 Å². The van der Waals surface area contributed by atoms with Crippen molar-refractivity contribution in [3.63, 3.8) is 0 Å². The molecule has 11 aromatic carbocycles. The van der Waals surface area contributed by atoms with E-state index in [9.17, 15) is 0 Å². The van der Waals surface area contributed by atoms with Crippen LogP contribution in [0.1, 0.15) is 25.0 Å². The second kappa shape index (κ2) is 13.4. The van der Waals surface area contributed by atoms with Gasteiger partial charge in [-0.3, -0.25) is 0 Å². The van der Waals surface area contributed by atoms with E-state index in [0.29, 0.717) is 0 Å². The molecule has 2 aromatic heterocycles. The summed E-state index contributed by atoms with van der Waals surface area (Å²) in [6.45, 7) is 4.72. The van der Waals surface area contributed by atoms with Crippen LogP contribution in [0.3, 0.4) is 0 Å². The second-order valence-electron chi connectivity index (χ2n) is 18.3. The van der Waals surface area contributed by atoms with Crippen LogP contribution in [0.4, 0.5) is 0 Å². The lowest BCUT2D eigenvalue weighted by atomic mass is 9.82. The molecule has 2 nitrogen and oxygen atoms in total. The highest BCUT2D eigenvalue weighted by molar-refractivity contribution is 6.22. The molecule has 2 heterocycles. The molecule has 0 amide bonds. The first-order valence-electron chi connectivity index (χ1n) is 22.6. The molecule has 0 aliphatic heterocycles. The first-order valence-corrected chi connectivity index (χ1v) is 22.6. The Bertz CT molecular complexity index is 4080. The Balaban J connectivity index is 0.888. The van der Waals surface area contributed by atoms with Gasteiger partial charge >= 0.3 is 0 Å². The highest BCUT2D eigenvalue weighted by Gasteiger charge is 2.36. The van der Waals surface area contributed by atoms with Crippen LogP contribution < -0.4 is 0 Å². The van der Waals surface area contributed by atoms with Gasteiger partial charge in [0.15, 0.2) is 0 Å². The van der Waals surface area contributed by atoms with Crippen molar-refractivity contribution in [3.05, 3.63) is 217 Å². The van der Waals surface area contributed by atoms with Crippen LogP contribution >= 0.6 is 0 Å². The summed E-state index contributed by atoms with van der Waals surface area (Å²) in [6, 6.07) is 75.6. The Morgan fingerprint density at radius 2 is 0.692 bits per heavy atom. The molecule has 1 aliphatic rings. The van der Waals surface area contributed by atoms with Gasteiger partial charge in [-0.2, -0.15) is 0 Å². The van der Waals surface area contributed by atoms with E-state index >= 15 is 0 Å². The van der Waals surface area contributed by atoms with Crippen molar-refractivity contribution in [2.24, 2.45) is 0 Å². The van der Waals surface area contributed by atoms with Gasteiger partial charge in [0.25, 0.3) is 0 Å². The van der Waals surface area contributed by atoms with Crippen molar-refractivity contribution < 1.29 is 8.83 Å². The summed E-state index contributed by atoms with van der Waals surface area (Å²) >= 11 is 0. The molecule has 0 bridgehead atoms. The number of fused-ring (bicyclic) bond motifs is 13. The van der Waals surface area contributed by atoms with Crippen LogP contribution in [0.2, 0.25) is 0 Å². The van der Waals surface area contributed by atoms with Crippen molar-refractivity contribution in [3.8, 4) is 55.6 Å². The molecule has 0 radical (unpaired) electrons. The molecule has 0 saturated heterocycles. The topological polar surface area (TPSA) is 26.3 Å². The summed E-state index contributed by atoms with van der Waals surface area (Å²) in [5, 5.41) is 12.0. The van der Waals surface area contributed by atoms with Gasteiger partial charge in [0.05, 0.1) is 0 Å². The molecule has 1 aliphatic carbocycles. The lowest BCUT2D eigenvalue weighted by Gasteiger charge is -2.21. The molecule has 0 N–H and O–H groups in total. The largest absolute Gasteiger partial charge is 0.456 e. The Morgan fingerprint density at radius 3 is 1.34 bits per heavy atom. The third-order valence-electron chi connectivity index (χ3n) is 14.5. The van der Waals surface area contributed by atoms with E-state index in [-0.39, 0.29) is 5.41 Å². The fourth-order valence-corrected chi connectivity index (χ4v) is 11.3. The fourth-order valence-electron chi connectivity index (χ4n) is 11.3. The molecule has 2 heteroatoms. The van der Waals surface area contributed by atoms with E-state index in [1.54, 1.807) is 0 Å². The van der Waals surface area contributed by atoms with Gasteiger partial charge in [-0.1, -0.05) is 172 Å². The number of benzene rings is 11. The molecule has 304 valence electrons. The maximum atomic E-state index is 6.55. The van der Waals surface area contributed by atoms with E-state index < -0.39 is 0 Å². The number of hydrogen-bond acceptors (Lipinski definition) is 2. The Kier molecular flexibility index (Phi) is 7.49. The average molecular weight is 829 g/mol. The Labute approximate surface area is 375 Å². The van der Waals surface area contributed by atoms with Crippen molar-refractivity contribution >= 4 is 76.2 Å². The molecule has 14 rings (SSSR count). The van der Waals surface area contributed by atoms with E-state index in [0.717, 1.165) is 43.9 Å². The standard InChI is InChI=1S/C63H40O2/c1-63(2)54-28-24-41(35-53(54)62-44-12-4-3-11-38(44)23-29-55(62)63)42-26-31-58-51(34-42)52-36-43(27-32-59(52)65-58)61-48-16-7-5-14-46(48)60(47-15-6-8-17-49(47)61)39-21-19-37(20-22-39)40-25-30-57-50(33-40)45-13-9-10-18-56(45)64-57/h3-36H,1-2H3. The minimum atomic E-state index is -0.0705. The van der Waals surface area contributed by atoms with Gasteiger partial charge in [-0.25, -0.2) is 0 Å². The number of hydrogen-bond donors (Lipinski definition) is 0. The van der Waals surface area contributed by atoms with Crippen LogP contribution in [0.25, 0.3) is 132 Å². The normalized spacial score (nSPS) is 13.2. The maximum Gasteiger partial charge on any atom is 0.135 e. The van der Waals surface area contributed by atoms with E-state index in [1.165, 1.54) is 99.1 Å². The van der Waals surface area contributed by atoms with Gasteiger partial charge in [0, 0.05) is 27.0 Å². The molecule has 0 fully saturated rings. The third-order valence-corrected chi connectivity index (χ3v) is 14.5. The quantitative estimate of drug-likeness (QED) is 0.165. The second-order valence-corrected chi connectivity index (χ2v) is 18.3. The fraction of sp³-hybridized carbons (Fsp3) is 0.0476. The zero-order valence-electron chi connectivity index (χ0n) is 35.9. The lowest BCUT2D eigenvalue weighted by Crippen LogP contribution is -2.14. The predicted molar refractivity (Wildman–Crippen MR) is 273 cm³/mol. The summed E-state index contributed by atoms with van der Waals surface area (Å²) < 4.78 is 12.7. The molecule has 0 atom stereocenters. The first kappa shape index (κ1) is 36.3. The summed E-state index contributed by atoms with van der Waals surface area (Å²) in [5.74, 6) is 0. The predicted octanol–water partition coefficient (Wildman–Crippen LogP) is 17.9. The van der Waals surface area contributed by atoms with Gasteiger partial charge in [0.1, 0.15) is 22.3 Å². The van der Waals surface area contributed by atoms with E-state index in [1.807, 2.05) is 12.1 Å². The van der Waals surface area contributed by atoms with Crippen LogP contribution in [-0.2, 0) is 5.41 Å². The smallest absolute Gasteiger partial charge is 0.135 e. The first-order chi connectivity index (χ1) is 32.0. The van der Waals surface area contributed by atoms with E-state index in [4.69, 9.17) is 8.83 Å². The average Bonchev–Trinajstić information content (AvgIpc) is 3.99. The molecule has 65 heavy (non-hydrogen) atoms. The Hall–Kier alpha value is -8.20. The van der Waals surface area contributed by atoms with Gasteiger partial charge in [-0.05, 0) is 148 Å². The molecule has 13 aromatic rings. The van der Waals surface area contributed by atoms with Crippen molar-refractivity contribution in [1.29, 1.82) is 0 Å². The lowest BCUT2D eigenvalue weighted by molar-refractivity contribution is 0.661. The molecular formula is C63H40O2. The summed E-state index contributed by atoms with van der Waals surface area (Å²) in [4.78, 5) is 0. The molecular weight excluding hydrogens is 789 g/mol. The number of rotatable bonds is 4. The SMILES string of the molecule is CC1(C)c2ccc(-c3ccc4oc5ccc(-c6c7ccccc7c(-c7ccc(-c8ccc9oc%10ccccc%10c9c8)cc7)c7ccccc67)cc5c4c3)cc2-c2c1ccc1ccccc21. The van der Waals surface area contributed by atoms with Crippen LogP contribution in [0.5, 0.6) is 0 Å². The third kappa shape index (κ3) is 5.29. The van der Waals surface area contributed by atoms with Gasteiger partial charge < -0.3 is 8.83 Å². The molecule has 0 saturated carbocycles. The number of furan rings is 2. The molecule has 0 unspecified atom stereocenters. The number of para-hydroxylation sites is 1. The van der Waals surface area contributed by atoms with Crippen LogP contribution in [-0.4, -0.2) is 0 Å². The molecule has 0 spiro atoms. The summed E-state index contributed by atoms with van der Waals surface area (Å²) in [7, 11) is 0. The minimum Gasteiger partial charge on any atom is -0.456 e. The maximum absolute atomic E-state index is 6.55. The summed E-state index contributed by atoms with van der Waals surface area (Å²) in [5.41, 5.74) is 18.6. The zero-order chi connectivity index (χ0) is 43.0. The zero-order valence-corrected chi connectivity index (χ0v) is 35.9. The van der Waals surface area contributed by atoms with Crippen LogP contribution in [0, 0.1) is 0 Å². The van der Waals surface area contributed by atoms with Crippen molar-refractivity contribution in [2.45, 2.75) is 19.3 Å². The highest BCUT2D eigenvalue weighted by Crippen LogP contribution is 2.52. The van der Waals surface area contributed by atoms with Gasteiger partial charge in [-0.15, -0.1) is 0 Å². The Morgan fingerprint density at radius 1 is 0.277 bits per heavy atom. The summed E-state index contributed by atoms with van der Waals surface area (Å²) in [6.07, 6.45) is 0. The minimum absolute atomic E-state index is 0.0705. The van der Waals surface area contributed by atoms with Crippen molar-refractivity contribution in [1.82, 2.24) is 0 Å².